The molecule has 1 aromatic rings. The summed E-state index contributed by atoms with van der Waals surface area (Å²) in [6, 6.07) is 4.78. The van der Waals surface area contributed by atoms with Crippen LogP contribution < -0.4 is 4.74 Å². The van der Waals surface area contributed by atoms with Gasteiger partial charge >= 0.3 is 6.36 Å². The van der Waals surface area contributed by atoms with Crippen LogP contribution in [-0.2, 0) is 32.7 Å². The van der Waals surface area contributed by atoms with Crippen LogP contribution in [0.25, 0.3) is 0 Å². The van der Waals surface area contributed by atoms with Gasteiger partial charge in [0.15, 0.2) is 0 Å². The van der Waals surface area contributed by atoms with Crippen LogP contribution in [0, 0.1) is 6.07 Å². The van der Waals surface area contributed by atoms with Gasteiger partial charge in [0.1, 0.15) is 5.88 Å². The molecule has 2 nitrogen and oxygen atoms in total. The van der Waals surface area contributed by atoms with E-state index in [1.54, 1.807) is 0 Å². The Morgan fingerprint density at radius 1 is 1.42 bits per heavy atom. The topological polar surface area (TPSA) is 22.1 Å². The Bertz CT molecular complexity index is 226. The van der Waals surface area contributed by atoms with E-state index in [0.29, 0.717) is 0 Å². The molecular weight excluding hydrogens is 248 g/mol. The molecule has 6 heteroatoms. The van der Waals surface area contributed by atoms with E-state index in [-0.39, 0.29) is 32.7 Å². The minimum absolute atomic E-state index is 0. The maximum Gasteiger partial charge on any atom is 0.562 e. The molecule has 0 bridgehead atoms. The van der Waals surface area contributed by atoms with Crippen LogP contribution in [0.15, 0.2) is 18.3 Å². The zero-order chi connectivity index (χ0) is 8.32. The van der Waals surface area contributed by atoms with Gasteiger partial charge in [-0.25, -0.2) is 0 Å². The van der Waals surface area contributed by atoms with Crippen LogP contribution in [0.4, 0.5) is 13.2 Å². The van der Waals surface area contributed by atoms with E-state index in [4.69, 9.17) is 0 Å². The number of hydrogen-bond acceptors (Lipinski definition) is 2. The van der Waals surface area contributed by atoms with Crippen LogP contribution >= 0.6 is 0 Å². The Morgan fingerprint density at radius 3 is 2.50 bits per heavy atom. The molecule has 0 spiro atoms. The summed E-state index contributed by atoms with van der Waals surface area (Å²) in [5, 5.41) is 0. The first-order chi connectivity index (χ1) is 5.08. The molecule has 0 aliphatic heterocycles. The number of rotatable bonds is 1. The largest absolute Gasteiger partial charge is 0.562 e. The summed E-state index contributed by atoms with van der Waals surface area (Å²) >= 11 is 0. The van der Waals surface area contributed by atoms with Crippen molar-refractivity contribution in [1.82, 2.24) is 4.98 Å². The Hall–Kier alpha value is -0.156. The minimum atomic E-state index is -4.68. The van der Waals surface area contributed by atoms with Gasteiger partial charge in [-0.3, -0.25) is 0 Å². The Labute approximate surface area is 92.0 Å². The number of pyridine rings is 1. The van der Waals surface area contributed by atoms with Gasteiger partial charge in [-0.15, -0.1) is 19.2 Å². The molecule has 63 valence electrons. The third-order valence-corrected chi connectivity index (χ3v) is 0.800. The second kappa shape index (κ2) is 4.77. The molecule has 1 rings (SSSR count). The normalized spacial score (nSPS) is 10.2. The second-order valence-electron chi connectivity index (χ2n) is 1.64. The van der Waals surface area contributed by atoms with Crippen molar-refractivity contribution in [2.24, 2.45) is 0 Å². The van der Waals surface area contributed by atoms with Crippen molar-refractivity contribution in [2.45, 2.75) is 6.36 Å². The van der Waals surface area contributed by atoms with Crippen LogP contribution in [-0.4, -0.2) is 11.3 Å². The Balaban J connectivity index is 0.00000121. The molecule has 0 aliphatic rings. The summed E-state index contributed by atoms with van der Waals surface area (Å²) in [6.45, 7) is 0. The van der Waals surface area contributed by atoms with Crippen molar-refractivity contribution in [3.8, 4) is 5.88 Å². The van der Waals surface area contributed by atoms with Crippen LogP contribution in [0.1, 0.15) is 0 Å². The van der Waals surface area contributed by atoms with Crippen molar-refractivity contribution in [1.29, 1.82) is 0 Å². The number of halogens is 3. The molecule has 0 aliphatic carbocycles. The molecule has 1 aromatic heterocycles. The predicted octanol–water partition coefficient (Wildman–Crippen LogP) is 1.78. The van der Waals surface area contributed by atoms with E-state index in [9.17, 15) is 13.2 Å². The molecule has 12 heavy (non-hydrogen) atoms. The summed E-state index contributed by atoms with van der Waals surface area (Å²) < 4.78 is 37.9. The average molecular weight is 251 g/mol. The van der Waals surface area contributed by atoms with Gasteiger partial charge in [-0.05, 0) is 0 Å². The van der Waals surface area contributed by atoms with Crippen LogP contribution in [0.5, 0.6) is 5.88 Å². The summed E-state index contributed by atoms with van der Waals surface area (Å²) in [5.41, 5.74) is 0. The van der Waals surface area contributed by atoms with Crippen molar-refractivity contribution in [3.05, 3.63) is 24.4 Å². The monoisotopic (exact) mass is 251 g/mol. The summed E-state index contributed by atoms with van der Waals surface area (Å²) in [7, 11) is 0. The molecule has 1 heterocycles. The van der Waals surface area contributed by atoms with E-state index in [1.807, 2.05) is 0 Å². The second-order valence-corrected chi connectivity index (χ2v) is 1.64. The summed E-state index contributed by atoms with van der Waals surface area (Å²) in [6.07, 6.45) is -3.51. The fraction of sp³-hybridized carbons (Fsp3) is 0.167. The van der Waals surface area contributed by atoms with E-state index in [2.05, 4.69) is 15.8 Å². The van der Waals surface area contributed by atoms with Gasteiger partial charge in [0.25, 0.3) is 0 Å². The predicted molar refractivity (Wildman–Crippen MR) is 29.8 cm³/mol. The van der Waals surface area contributed by atoms with Crippen molar-refractivity contribution >= 4 is 0 Å². The molecule has 0 saturated heterocycles. The van der Waals surface area contributed by atoms with E-state index >= 15 is 0 Å². The first-order valence-corrected chi connectivity index (χ1v) is 2.66. The van der Waals surface area contributed by atoms with Crippen molar-refractivity contribution in [3.63, 3.8) is 0 Å². The van der Waals surface area contributed by atoms with E-state index in [1.165, 1.54) is 12.3 Å². The van der Waals surface area contributed by atoms with Gasteiger partial charge in [-0.1, -0.05) is 6.20 Å². The van der Waals surface area contributed by atoms with Crippen molar-refractivity contribution < 1.29 is 50.6 Å². The molecule has 0 saturated carbocycles. The molecule has 1 radical (unpaired) electrons. The molecule has 0 aromatic carbocycles. The summed E-state index contributed by atoms with van der Waals surface area (Å²) in [5.74, 6) is -0.500. The molecule has 0 amide bonds. The van der Waals surface area contributed by atoms with Gasteiger partial charge in [0.2, 0.25) is 0 Å². The van der Waals surface area contributed by atoms with Gasteiger partial charge in [0, 0.05) is 32.7 Å². The number of ether oxygens (including phenoxy) is 1. The number of aromatic nitrogens is 1. The third kappa shape index (κ3) is 4.67. The smallest absolute Gasteiger partial charge is 0.453 e. The quantitative estimate of drug-likeness (QED) is 0.709. The Morgan fingerprint density at radius 2 is 2.08 bits per heavy atom. The first kappa shape index (κ1) is 11.8. The number of hydrogen-bond donors (Lipinski definition) is 0. The number of nitrogens with zero attached hydrogens (tertiary/aromatic N) is 1. The van der Waals surface area contributed by atoms with Gasteiger partial charge < -0.3 is 9.72 Å². The van der Waals surface area contributed by atoms with Gasteiger partial charge in [-0.2, -0.15) is 12.1 Å². The Kier molecular flexibility index (Phi) is 4.71. The van der Waals surface area contributed by atoms with E-state index in [0.717, 1.165) is 6.07 Å². The van der Waals surface area contributed by atoms with Gasteiger partial charge in [0.05, 0.1) is 0 Å². The van der Waals surface area contributed by atoms with E-state index < -0.39 is 12.2 Å². The zero-order valence-corrected chi connectivity index (χ0v) is 8.64. The summed E-state index contributed by atoms with van der Waals surface area (Å²) in [4.78, 5) is 3.29. The number of alkyl halides is 3. The minimum Gasteiger partial charge on any atom is -0.453 e. The maximum absolute atomic E-state index is 11.5. The zero-order valence-electron chi connectivity index (χ0n) is 5.80. The fourth-order valence-electron chi connectivity index (χ4n) is 0.485. The van der Waals surface area contributed by atoms with Crippen LogP contribution in [0.3, 0.4) is 0 Å². The first-order valence-electron chi connectivity index (χ1n) is 2.66. The third-order valence-electron chi connectivity index (χ3n) is 0.800. The standard InChI is InChI=1S/C6H3F3NO.Y/c7-6(8,9)11-5-3-1-2-4-10-5;/h2-4H;/q-1;. The molecular formula is C6H3F3NOY-. The average Bonchev–Trinajstić information content (AvgIpc) is 1.85. The molecule has 0 unspecified atom stereocenters. The maximum atomic E-state index is 11.5. The molecule has 0 atom stereocenters. The fourth-order valence-corrected chi connectivity index (χ4v) is 0.485. The van der Waals surface area contributed by atoms with Crippen molar-refractivity contribution in [2.75, 3.05) is 0 Å². The molecule has 0 N–H and O–H groups in total. The SMILES string of the molecule is FC(F)(F)Oc1c[c-]ccn1.[Y]. The molecule has 0 fully saturated rings. The van der Waals surface area contributed by atoms with Crippen LogP contribution in [0.2, 0.25) is 0 Å².